The number of carbonyl (C=O) groups excluding carboxylic acids is 1. The topological polar surface area (TPSA) is 69.6 Å². The monoisotopic (exact) mass is 356 g/mol. The van der Waals surface area contributed by atoms with Gasteiger partial charge in [-0.1, -0.05) is 12.1 Å². The Kier molecular flexibility index (Phi) is 6.09. The van der Waals surface area contributed by atoms with E-state index in [2.05, 4.69) is 22.3 Å². The number of piperidine rings is 3. The van der Waals surface area contributed by atoms with Crippen molar-refractivity contribution < 1.29 is 14.7 Å². The summed E-state index contributed by atoms with van der Waals surface area (Å²) in [6.45, 7) is 5.14. The Bertz CT molecular complexity index is 690. The van der Waals surface area contributed by atoms with Crippen LogP contribution in [0.3, 0.4) is 0 Å². The van der Waals surface area contributed by atoms with Gasteiger partial charge >= 0.3 is 5.97 Å². The fourth-order valence-electron chi connectivity index (χ4n) is 4.24. The first-order valence-corrected chi connectivity index (χ1v) is 9.57. The number of hydrogen-bond acceptors (Lipinski definition) is 3. The van der Waals surface area contributed by atoms with Crippen LogP contribution in [0, 0.1) is 5.92 Å². The van der Waals surface area contributed by atoms with Gasteiger partial charge < -0.3 is 15.3 Å². The van der Waals surface area contributed by atoms with Gasteiger partial charge in [0.1, 0.15) is 0 Å². The van der Waals surface area contributed by atoms with Crippen molar-refractivity contribution in [2.75, 3.05) is 19.6 Å². The predicted octanol–water partition coefficient (Wildman–Crippen LogP) is 2.65. The molecular weight excluding hydrogens is 328 g/mol. The van der Waals surface area contributed by atoms with Gasteiger partial charge in [0.2, 0.25) is 0 Å². The summed E-state index contributed by atoms with van der Waals surface area (Å²) in [6, 6.07) is 6.62. The SMILES string of the molecule is C/C=C/C(=O)O.O=C(N[C@H]1CN2CCC1CC2)c1ccc2c(c1)CCC2. The number of carboxylic acids is 1. The molecule has 0 radical (unpaired) electrons. The highest BCUT2D eigenvalue weighted by molar-refractivity contribution is 5.94. The number of fused-ring (bicyclic) bond motifs is 4. The van der Waals surface area contributed by atoms with Crippen molar-refractivity contribution in [3.05, 3.63) is 47.0 Å². The van der Waals surface area contributed by atoms with Crippen molar-refractivity contribution in [2.45, 2.75) is 45.1 Å². The molecule has 5 heteroatoms. The maximum atomic E-state index is 12.5. The molecule has 1 atom stereocenters. The molecule has 1 aromatic rings. The zero-order chi connectivity index (χ0) is 18.5. The summed E-state index contributed by atoms with van der Waals surface area (Å²) in [5, 5.41) is 11.1. The fourth-order valence-corrected chi connectivity index (χ4v) is 4.24. The van der Waals surface area contributed by atoms with Crippen molar-refractivity contribution in [3.63, 3.8) is 0 Å². The van der Waals surface area contributed by atoms with Crippen LogP contribution in [0.4, 0.5) is 0 Å². The number of allylic oxidation sites excluding steroid dienone is 1. The van der Waals surface area contributed by atoms with E-state index in [1.165, 1.54) is 56.0 Å². The van der Waals surface area contributed by atoms with Gasteiger partial charge in [-0.15, -0.1) is 0 Å². The summed E-state index contributed by atoms with van der Waals surface area (Å²) < 4.78 is 0. The van der Waals surface area contributed by atoms with E-state index in [0.717, 1.165) is 24.6 Å². The number of nitrogens with one attached hydrogen (secondary N) is 1. The second-order valence-corrected chi connectivity index (χ2v) is 7.39. The molecule has 140 valence electrons. The molecule has 0 saturated carbocycles. The third-order valence-corrected chi connectivity index (χ3v) is 5.64. The molecule has 1 aromatic carbocycles. The Balaban J connectivity index is 0.000000286. The Hall–Kier alpha value is -2.14. The largest absolute Gasteiger partial charge is 0.478 e. The summed E-state index contributed by atoms with van der Waals surface area (Å²) >= 11 is 0. The Morgan fingerprint density at radius 1 is 1.19 bits per heavy atom. The lowest BCUT2D eigenvalue weighted by Gasteiger charge is -2.44. The van der Waals surface area contributed by atoms with Gasteiger partial charge in [-0.2, -0.15) is 0 Å². The number of benzene rings is 1. The number of nitrogens with zero attached hydrogens (tertiary/aromatic N) is 1. The van der Waals surface area contributed by atoms with E-state index in [1.807, 2.05) is 6.07 Å². The number of carbonyl (C=O) groups is 2. The van der Waals surface area contributed by atoms with Crippen molar-refractivity contribution in [3.8, 4) is 0 Å². The molecule has 5 rings (SSSR count). The van der Waals surface area contributed by atoms with E-state index in [9.17, 15) is 9.59 Å². The molecule has 3 aliphatic heterocycles. The van der Waals surface area contributed by atoms with Crippen LogP contribution in [0.25, 0.3) is 0 Å². The molecular formula is C21H28N2O3. The van der Waals surface area contributed by atoms with Gasteiger partial charge in [-0.05, 0) is 81.3 Å². The van der Waals surface area contributed by atoms with Crippen LogP contribution >= 0.6 is 0 Å². The third kappa shape index (κ3) is 4.52. The molecule has 1 amide bonds. The lowest BCUT2D eigenvalue weighted by Crippen LogP contribution is -2.57. The lowest BCUT2D eigenvalue weighted by molar-refractivity contribution is -0.131. The van der Waals surface area contributed by atoms with E-state index in [1.54, 1.807) is 6.92 Å². The van der Waals surface area contributed by atoms with Crippen LogP contribution in [0.5, 0.6) is 0 Å². The fraction of sp³-hybridized carbons (Fsp3) is 0.524. The average Bonchev–Trinajstić information content (AvgIpc) is 3.11. The highest BCUT2D eigenvalue weighted by Crippen LogP contribution is 2.28. The van der Waals surface area contributed by atoms with E-state index in [4.69, 9.17) is 5.11 Å². The molecule has 3 saturated heterocycles. The van der Waals surface area contributed by atoms with E-state index in [0.29, 0.717) is 12.0 Å². The number of rotatable bonds is 3. The molecule has 1 aliphatic carbocycles. The summed E-state index contributed by atoms with van der Waals surface area (Å²) in [6.07, 6.45) is 8.60. The Morgan fingerprint density at radius 3 is 2.50 bits per heavy atom. The summed E-state index contributed by atoms with van der Waals surface area (Å²) in [5.74, 6) is -0.0747. The maximum Gasteiger partial charge on any atom is 0.327 e. The van der Waals surface area contributed by atoms with Gasteiger partial charge in [0.15, 0.2) is 0 Å². The quantitative estimate of drug-likeness (QED) is 0.817. The van der Waals surface area contributed by atoms with E-state index >= 15 is 0 Å². The number of aryl methyl sites for hydroxylation is 2. The molecule has 4 aliphatic rings. The number of carboxylic acid groups (broad SMARTS) is 1. The molecule has 2 N–H and O–H groups in total. The minimum absolute atomic E-state index is 0.124. The van der Waals surface area contributed by atoms with Crippen LogP contribution in [-0.2, 0) is 17.6 Å². The van der Waals surface area contributed by atoms with Crippen LogP contribution < -0.4 is 5.32 Å². The highest BCUT2D eigenvalue weighted by atomic mass is 16.4. The van der Waals surface area contributed by atoms with Crippen molar-refractivity contribution in [1.29, 1.82) is 0 Å². The zero-order valence-corrected chi connectivity index (χ0v) is 15.4. The van der Waals surface area contributed by atoms with E-state index in [-0.39, 0.29) is 5.91 Å². The van der Waals surface area contributed by atoms with Gasteiger partial charge in [0.25, 0.3) is 5.91 Å². The minimum Gasteiger partial charge on any atom is -0.478 e. The van der Waals surface area contributed by atoms with Crippen LogP contribution in [0.2, 0.25) is 0 Å². The first-order valence-electron chi connectivity index (χ1n) is 9.57. The van der Waals surface area contributed by atoms with E-state index < -0.39 is 5.97 Å². The van der Waals surface area contributed by atoms with Gasteiger partial charge in [0.05, 0.1) is 0 Å². The predicted molar refractivity (Wildman–Crippen MR) is 101 cm³/mol. The van der Waals surface area contributed by atoms with Crippen molar-refractivity contribution in [1.82, 2.24) is 10.2 Å². The van der Waals surface area contributed by atoms with Gasteiger partial charge in [-0.25, -0.2) is 4.79 Å². The van der Waals surface area contributed by atoms with Gasteiger partial charge in [-0.3, -0.25) is 4.79 Å². The van der Waals surface area contributed by atoms with Crippen LogP contribution in [0.15, 0.2) is 30.4 Å². The molecule has 0 aromatic heterocycles. The van der Waals surface area contributed by atoms with Gasteiger partial charge in [0, 0.05) is 24.2 Å². The summed E-state index contributed by atoms with van der Waals surface area (Å²) in [4.78, 5) is 24.5. The maximum absolute atomic E-state index is 12.5. The molecule has 5 nitrogen and oxygen atoms in total. The minimum atomic E-state index is -0.891. The molecule has 3 heterocycles. The summed E-state index contributed by atoms with van der Waals surface area (Å²) in [5.41, 5.74) is 3.66. The molecule has 26 heavy (non-hydrogen) atoms. The van der Waals surface area contributed by atoms with Crippen LogP contribution in [-0.4, -0.2) is 47.6 Å². The van der Waals surface area contributed by atoms with Crippen molar-refractivity contribution in [2.24, 2.45) is 5.92 Å². The highest BCUT2D eigenvalue weighted by Gasteiger charge is 2.35. The Labute approximate surface area is 155 Å². The average molecular weight is 356 g/mol. The normalized spacial score (nSPS) is 26.1. The standard InChI is InChI=1S/C17H22N2O.C4H6O2/c20-17(15-5-4-12-2-1-3-14(12)10-15)18-16-11-19-8-6-13(16)7-9-19;1-2-3-4(5)6/h4-5,10,13,16H,1-3,6-9,11H2,(H,18,20);2-3H,1H3,(H,5,6)/b;3-2+/t16-;/m0./s1. The number of amides is 1. The Morgan fingerprint density at radius 2 is 1.92 bits per heavy atom. The number of hydrogen-bond donors (Lipinski definition) is 2. The molecule has 3 fully saturated rings. The second-order valence-electron chi connectivity index (χ2n) is 7.39. The molecule has 0 spiro atoms. The summed E-state index contributed by atoms with van der Waals surface area (Å²) in [7, 11) is 0. The first-order chi connectivity index (χ1) is 12.6. The van der Waals surface area contributed by atoms with Crippen molar-refractivity contribution >= 4 is 11.9 Å². The second kappa shape index (κ2) is 8.49. The molecule has 2 bridgehead atoms. The molecule has 0 unspecified atom stereocenters. The smallest absolute Gasteiger partial charge is 0.327 e. The first kappa shape index (κ1) is 18.6. The third-order valence-electron chi connectivity index (χ3n) is 5.64. The van der Waals surface area contributed by atoms with Crippen LogP contribution in [0.1, 0.15) is 47.7 Å². The number of aliphatic carboxylic acids is 1. The lowest BCUT2D eigenvalue weighted by atomic mass is 9.84. The zero-order valence-electron chi connectivity index (χ0n) is 15.4.